The molecule has 0 aliphatic heterocycles. The number of hydrogen-bond donors (Lipinski definition) is 1. The summed E-state index contributed by atoms with van der Waals surface area (Å²) in [6, 6.07) is 11.7. The number of nitrogens with one attached hydrogen (secondary N) is 1. The van der Waals surface area contributed by atoms with Crippen LogP contribution in [-0.4, -0.2) is 14.2 Å². The van der Waals surface area contributed by atoms with Crippen LogP contribution in [0.2, 0.25) is 5.02 Å². The van der Waals surface area contributed by atoms with Gasteiger partial charge in [0.05, 0.1) is 24.4 Å². The van der Waals surface area contributed by atoms with E-state index in [1.54, 1.807) is 14.2 Å². The molecule has 1 N–H and O–H groups in total. The molecule has 0 saturated heterocycles. The highest BCUT2D eigenvalue weighted by Gasteiger charge is 2.13. The Kier molecular flexibility index (Phi) is 5.37. The molecule has 0 aliphatic carbocycles. The second kappa shape index (κ2) is 7.05. The van der Waals surface area contributed by atoms with Crippen molar-refractivity contribution < 1.29 is 9.47 Å². The Hall–Kier alpha value is -1.39. The number of anilines is 1. The van der Waals surface area contributed by atoms with E-state index >= 15 is 0 Å². The number of methoxy groups -OCH3 is 2. The maximum absolute atomic E-state index is 6.11. The molecule has 0 fully saturated rings. The van der Waals surface area contributed by atoms with Gasteiger partial charge < -0.3 is 14.8 Å². The van der Waals surface area contributed by atoms with Crippen LogP contribution in [0.25, 0.3) is 0 Å². The van der Waals surface area contributed by atoms with Crippen LogP contribution in [-0.2, 0) is 0 Å². The Morgan fingerprint density at radius 1 is 1.14 bits per heavy atom. The zero-order valence-corrected chi connectivity index (χ0v) is 14.5. The van der Waals surface area contributed by atoms with Crippen molar-refractivity contribution in [2.24, 2.45) is 0 Å². The second-order valence-corrected chi connectivity index (χ2v) is 5.90. The molecule has 2 aromatic rings. The lowest BCUT2D eigenvalue weighted by Crippen LogP contribution is -2.08. The van der Waals surface area contributed by atoms with Gasteiger partial charge in [-0.05, 0) is 52.7 Å². The molecule has 1 unspecified atom stereocenters. The first-order chi connectivity index (χ1) is 10.0. The van der Waals surface area contributed by atoms with Crippen molar-refractivity contribution in [1.29, 1.82) is 0 Å². The maximum atomic E-state index is 6.11. The first kappa shape index (κ1) is 16.0. The molecule has 0 aromatic heterocycles. The van der Waals surface area contributed by atoms with Gasteiger partial charge in [0, 0.05) is 11.1 Å². The van der Waals surface area contributed by atoms with Crippen molar-refractivity contribution in [1.82, 2.24) is 0 Å². The number of halogens is 2. The third-order valence-electron chi connectivity index (χ3n) is 3.18. The summed E-state index contributed by atoms with van der Waals surface area (Å²) >= 11 is 9.57. The lowest BCUT2D eigenvalue weighted by atomic mass is 10.1. The molecule has 2 aromatic carbocycles. The Labute approximate surface area is 138 Å². The number of benzene rings is 2. The molecule has 21 heavy (non-hydrogen) atoms. The fourth-order valence-corrected chi connectivity index (χ4v) is 3.07. The van der Waals surface area contributed by atoms with Crippen LogP contribution in [0.3, 0.4) is 0 Å². The van der Waals surface area contributed by atoms with Crippen LogP contribution in [0.4, 0.5) is 5.69 Å². The molecule has 0 bridgehead atoms. The SMILES string of the molecule is COc1cccc(C(C)Nc2cc(Cl)cc(Br)c2OC)c1. The molecule has 0 amide bonds. The van der Waals surface area contributed by atoms with E-state index in [1.807, 2.05) is 36.4 Å². The summed E-state index contributed by atoms with van der Waals surface area (Å²) in [5, 5.41) is 4.06. The van der Waals surface area contributed by atoms with Crippen molar-refractivity contribution in [3.05, 3.63) is 51.5 Å². The van der Waals surface area contributed by atoms with Gasteiger partial charge >= 0.3 is 0 Å². The van der Waals surface area contributed by atoms with E-state index in [4.69, 9.17) is 21.1 Å². The summed E-state index contributed by atoms with van der Waals surface area (Å²) in [5.74, 6) is 1.56. The van der Waals surface area contributed by atoms with Crippen molar-refractivity contribution in [2.45, 2.75) is 13.0 Å². The van der Waals surface area contributed by atoms with Crippen molar-refractivity contribution in [3.8, 4) is 11.5 Å². The van der Waals surface area contributed by atoms with Crippen LogP contribution in [0.1, 0.15) is 18.5 Å². The van der Waals surface area contributed by atoms with Crippen LogP contribution in [0, 0.1) is 0 Å². The molecule has 1 atom stereocenters. The minimum Gasteiger partial charge on any atom is -0.497 e. The largest absolute Gasteiger partial charge is 0.497 e. The molecule has 2 rings (SSSR count). The number of ether oxygens (including phenoxy) is 2. The summed E-state index contributed by atoms with van der Waals surface area (Å²) in [6.45, 7) is 2.07. The highest BCUT2D eigenvalue weighted by Crippen LogP contribution is 2.38. The van der Waals surface area contributed by atoms with Crippen molar-refractivity contribution in [2.75, 3.05) is 19.5 Å². The van der Waals surface area contributed by atoms with Crippen LogP contribution in [0.5, 0.6) is 11.5 Å². The average molecular weight is 371 g/mol. The molecule has 0 saturated carbocycles. The van der Waals surface area contributed by atoms with Gasteiger partial charge in [0.2, 0.25) is 0 Å². The topological polar surface area (TPSA) is 30.5 Å². The number of hydrogen-bond acceptors (Lipinski definition) is 3. The monoisotopic (exact) mass is 369 g/mol. The van der Waals surface area contributed by atoms with Gasteiger partial charge in [0.25, 0.3) is 0 Å². The first-order valence-corrected chi connectivity index (χ1v) is 7.65. The third-order valence-corrected chi connectivity index (χ3v) is 3.99. The van der Waals surface area contributed by atoms with Gasteiger partial charge in [-0.15, -0.1) is 0 Å². The minimum atomic E-state index is 0.0827. The molecule has 0 heterocycles. The van der Waals surface area contributed by atoms with E-state index in [2.05, 4.69) is 28.2 Å². The molecule has 0 radical (unpaired) electrons. The Balaban J connectivity index is 2.28. The standard InChI is InChI=1S/C16H17BrClNO2/c1-10(11-5-4-6-13(7-11)20-2)19-15-9-12(18)8-14(17)16(15)21-3/h4-10,19H,1-3H3. The van der Waals surface area contributed by atoms with Gasteiger partial charge in [-0.25, -0.2) is 0 Å². The van der Waals surface area contributed by atoms with Crippen molar-refractivity contribution >= 4 is 33.2 Å². The van der Waals surface area contributed by atoms with E-state index < -0.39 is 0 Å². The smallest absolute Gasteiger partial charge is 0.156 e. The predicted molar refractivity (Wildman–Crippen MR) is 90.7 cm³/mol. The molecular weight excluding hydrogens is 354 g/mol. The third kappa shape index (κ3) is 3.83. The lowest BCUT2D eigenvalue weighted by molar-refractivity contribution is 0.413. The molecule has 5 heteroatoms. The summed E-state index contributed by atoms with van der Waals surface area (Å²) in [6.07, 6.45) is 0. The normalized spacial score (nSPS) is 11.9. The van der Waals surface area contributed by atoms with E-state index in [1.165, 1.54) is 0 Å². The van der Waals surface area contributed by atoms with Crippen LogP contribution < -0.4 is 14.8 Å². The Morgan fingerprint density at radius 3 is 2.57 bits per heavy atom. The lowest BCUT2D eigenvalue weighted by Gasteiger charge is -2.19. The maximum Gasteiger partial charge on any atom is 0.156 e. The van der Waals surface area contributed by atoms with Gasteiger partial charge in [-0.3, -0.25) is 0 Å². The summed E-state index contributed by atoms with van der Waals surface area (Å²) in [7, 11) is 3.30. The molecular formula is C16H17BrClNO2. The second-order valence-electron chi connectivity index (χ2n) is 4.61. The predicted octanol–water partition coefficient (Wildman–Crippen LogP) is 5.29. The van der Waals surface area contributed by atoms with E-state index in [0.29, 0.717) is 5.02 Å². The van der Waals surface area contributed by atoms with Crippen molar-refractivity contribution in [3.63, 3.8) is 0 Å². The quantitative estimate of drug-likeness (QED) is 0.775. The summed E-state index contributed by atoms with van der Waals surface area (Å²) < 4.78 is 11.5. The van der Waals surface area contributed by atoms with Gasteiger partial charge in [-0.1, -0.05) is 23.7 Å². The first-order valence-electron chi connectivity index (χ1n) is 6.48. The zero-order chi connectivity index (χ0) is 15.4. The van der Waals surface area contributed by atoms with Crippen LogP contribution in [0.15, 0.2) is 40.9 Å². The van der Waals surface area contributed by atoms with E-state index in [9.17, 15) is 0 Å². The average Bonchev–Trinajstić information content (AvgIpc) is 2.47. The molecule has 112 valence electrons. The van der Waals surface area contributed by atoms with Crippen LogP contribution >= 0.6 is 27.5 Å². The fraction of sp³-hybridized carbons (Fsp3) is 0.250. The minimum absolute atomic E-state index is 0.0827. The van der Waals surface area contributed by atoms with Gasteiger partial charge in [0.15, 0.2) is 5.75 Å². The Bertz CT molecular complexity index is 634. The summed E-state index contributed by atoms with van der Waals surface area (Å²) in [5.41, 5.74) is 1.96. The fourth-order valence-electron chi connectivity index (χ4n) is 2.10. The number of rotatable bonds is 5. The van der Waals surface area contributed by atoms with E-state index in [-0.39, 0.29) is 6.04 Å². The molecule has 0 aliphatic rings. The molecule has 0 spiro atoms. The summed E-state index contributed by atoms with van der Waals surface area (Å²) in [4.78, 5) is 0. The van der Waals surface area contributed by atoms with Gasteiger partial charge in [0.1, 0.15) is 5.75 Å². The highest BCUT2D eigenvalue weighted by molar-refractivity contribution is 9.10. The van der Waals surface area contributed by atoms with Gasteiger partial charge in [-0.2, -0.15) is 0 Å². The highest BCUT2D eigenvalue weighted by atomic mass is 79.9. The van der Waals surface area contributed by atoms with E-state index in [0.717, 1.165) is 27.2 Å². The molecule has 3 nitrogen and oxygen atoms in total. The zero-order valence-electron chi connectivity index (χ0n) is 12.1. The Morgan fingerprint density at radius 2 is 1.90 bits per heavy atom.